The van der Waals surface area contributed by atoms with Gasteiger partial charge >= 0.3 is 0 Å². The number of rotatable bonds is 5. The van der Waals surface area contributed by atoms with Crippen molar-refractivity contribution < 1.29 is 0 Å². The monoisotopic (exact) mass is 293 g/mol. The van der Waals surface area contributed by atoms with Crippen molar-refractivity contribution in [1.82, 2.24) is 25.0 Å². The van der Waals surface area contributed by atoms with Crippen LogP contribution < -0.4 is 5.32 Å². The van der Waals surface area contributed by atoms with Gasteiger partial charge < -0.3 is 5.32 Å². The molecule has 5 heteroatoms. The summed E-state index contributed by atoms with van der Waals surface area (Å²) in [6.07, 6.45) is 3.96. The standard InChI is InChI=1S/C16H31N5/c1-6-8-21-15(18-12-19-21)11-20-10-14(16(3,4)5)17-9-13(20)7-2/h12-14,17H,6-11H2,1-5H3. The summed E-state index contributed by atoms with van der Waals surface area (Å²) in [5, 5.41) is 8.08. The number of hydrogen-bond acceptors (Lipinski definition) is 4. The third-order valence-electron chi connectivity index (χ3n) is 4.53. The molecule has 0 bridgehead atoms. The van der Waals surface area contributed by atoms with E-state index in [1.54, 1.807) is 6.33 Å². The Balaban J connectivity index is 2.08. The maximum atomic E-state index is 4.47. The molecular formula is C16H31N5. The van der Waals surface area contributed by atoms with Gasteiger partial charge in [-0.2, -0.15) is 5.10 Å². The molecule has 1 aromatic rings. The number of piperazine rings is 1. The molecule has 1 N–H and O–H groups in total. The molecule has 0 radical (unpaired) electrons. The predicted octanol–water partition coefficient (Wildman–Crippen LogP) is 2.29. The molecule has 1 saturated heterocycles. The minimum Gasteiger partial charge on any atom is -0.311 e. The Kier molecular flexibility index (Phi) is 5.38. The summed E-state index contributed by atoms with van der Waals surface area (Å²) in [5.74, 6) is 1.10. The summed E-state index contributed by atoms with van der Waals surface area (Å²) in [7, 11) is 0. The lowest BCUT2D eigenvalue weighted by molar-refractivity contribution is 0.0741. The van der Waals surface area contributed by atoms with Gasteiger partial charge in [0.25, 0.3) is 0 Å². The van der Waals surface area contributed by atoms with Crippen LogP contribution in [0.4, 0.5) is 0 Å². The molecule has 0 aliphatic carbocycles. The Bertz CT molecular complexity index is 434. The number of aromatic nitrogens is 3. The average Bonchev–Trinajstić information content (AvgIpc) is 2.85. The minimum atomic E-state index is 0.286. The van der Waals surface area contributed by atoms with Crippen molar-refractivity contribution in [3.05, 3.63) is 12.2 Å². The second-order valence-electron chi connectivity index (χ2n) is 7.22. The Morgan fingerprint density at radius 3 is 2.71 bits per heavy atom. The molecular weight excluding hydrogens is 262 g/mol. The molecule has 0 spiro atoms. The molecule has 1 fully saturated rings. The number of hydrogen-bond donors (Lipinski definition) is 1. The van der Waals surface area contributed by atoms with Crippen molar-refractivity contribution in [2.75, 3.05) is 13.1 Å². The SMILES string of the molecule is CCCn1ncnc1CN1CC(C(C)(C)C)NCC1CC. The van der Waals surface area contributed by atoms with Crippen molar-refractivity contribution >= 4 is 0 Å². The smallest absolute Gasteiger partial charge is 0.141 e. The van der Waals surface area contributed by atoms with Gasteiger partial charge in [0.15, 0.2) is 0 Å². The zero-order valence-electron chi connectivity index (χ0n) is 14.3. The van der Waals surface area contributed by atoms with Crippen LogP contribution in [-0.2, 0) is 13.1 Å². The molecule has 0 saturated carbocycles. The van der Waals surface area contributed by atoms with Crippen LogP contribution in [0.15, 0.2) is 6.33 Å². The van der Waals surface area contributed by atoms with Gasteiger partial charge in [-0.05, 0) is 18.3 Å². The van der Waals surface area contributed by atoms with E-state index in [1.165, 1.54) is 6.42 Å². The molecule has 1 aromatic heterocycles. The van der Waals surface area contributed by atoms with Gasteiger partial charge in [0, 0.05) is 31.7 Å². The molecule has 1 aliphatic heterocycles. The van der Waals surface area contributed by atoms with Crippen molar-refractivity contribution in [2.45, 2.75) is 72.6 Å². The van der Waals surface area contributed by atoms with Crippen LogP contribution in [0.2, 0.25) is 0 Å². The van der Waals surface area contributed by atoms with E-state index in [1.807, 2.05) is 0 Å². The minimum absolute atomic E-state index is 0.286. The van der Waals surface area contributed by atoms with Crippen LogP contribution in [0, 0.1) is 5.41 Å². The first kappa shape index (κ1) is 16.4. The van der Waals surface area contributed by atoms with Gasteiger partial charge in [-0.3, -0.25) is 4.90 Å². The van der Waals surface area contributed by atoms with Crippen molar-refractivity contribution in [3.8, 4) is 0 Å². The third kappa shape index (κ3) is 4.04. The van der Waals surface area contributed by atoms with Gasteiger partial charge in [0.1, 0.15) is 12.2 Å². The van der Waals surface area contributed by atoms with E-state index < -0.39 is 0 Å². The van der Waals surface area contributed by atoms with Gasteiger partial charge in [0.05, 0.1) is 6.54 Å². The predicted molar refractivity (Wildman–Crippen MR) is 86.0 cm³/mol. The summed E-state index contributed by atoms with van der Waals surface area (Å²) < 4.78 is 2.06. The average molecular weight is 293 g/mol. The summed E-state index contributed by atoms with van der Waals surface area (Å²) in [6.45, 7) is 15.4. The van der Waals surface area contributed by atoms with Gasteiger partial charge in [-0.25, -0.2) is 9.67 Å². The van der Waals surface area contributed by atoms with Crippen molar-refractivity contribution in [3.63, 3.8) is 0 Å². The zero-order chi connectivity index (χ0) is 15.5. The van der Waals surface area contributed by atoms with Gasteiger partial charge in [-0.15, -0.1) is 0 Å². The zero-order valence-corrected chi connectivity index (χ0v) is 14.3. The van der Waals surface area contributed by atoms with Crippen LogP contribution in [0.25, 0.3) is 0 Å². The van der Waals surface area contributed by atoms with E-state index in [0.717, 1.165) is 38.4 Å². The first-order valence-corrected chi connectivity index (χ1v) is 8.29. The Morgan fingerprint density at radius 1 is 1.33 bits per heavy atom. The topological polar surface area (TPSA) is 46.0 Å². The van der Waals surface area contributed by atoms with Crippen molar-refractivity contribution in [2.24, 2.45) is 5.41 Å². The third-order valence-corrected chi connectivity index (χ3v) is 4.53. The lowest BCUT2D eigenvalue weighted by Gasteiger charge is -2.44. The quantitative estimate of drug-likeness (QED) is 0.905. The molecule has 0 aromatic carbocycles. The highest BCUT2D eigenvalue weighted by Gasteiger charge is 2.33. The molecule has 2 unspecified atom stereocenters. The highest BCUT2D eigenvalue weighted by Crippen LogP contribution is 2.25. The lowest BCUT2D eigenvalue weighted by atomic mass is 9.84. The first-order chi connectivity index (χ1) is 9.95. The number of nitrogens with zero attached hydrogens (tertiary/aromatic N) is 4. The van der Waals surface area contributed by atoms with Crippen LogP contribution in [-0.4, -0.2) is 44.8 Å². The van der Waals surface area contributed by atoms with Gasteiger partial charge in [0.2, 0.25) is 0 Å². The second-order valence-corrected chi connectivity index (χ2v) is 7.22. The Labute approximate surface area is 129 Å². The fourth-order valence-electron chi connectivity index (χ4n) is 3.02. The summed E-state index contributed by atoms with van der Waals surface area (Å²) in [4.78, 5) is 7.06. The fraction of sp³-hybridized carbons (Fsp3) is 0.875. The van der Waals surface area contributed by atoms with Crippen LogP contribution >= 0.6 is 0 Å². The summed E-state index contributed by atoms with van der Waals surface area (Å²) in [6, 6.07) is 1.12. The van der Waals surface area contributed by atoms with E-state index >= 15 is 0 Å². The molecule has 1 aliphatic rings. The van der Waals surface area contributed by atoms with Gasteiger partial charge in [-0.1, -0.05) is 34.6 Å². The summed E-state index contributed by atoms with van der Waals surface area (Å²) in [5.41, 5.74) is 0.286. The molecule has 2 atom stereocenters. The normalized spacial score (nSPS) is 24.4. The number of nitrogens with one attached hydrogen (secondary N) is 1. The van der Waals surface area contributed by atoms with E-state index in [2.05, 4.69) is 59.6 Å². The molecule has 21 heavy (non-hydrogen) atoms. The first-order valence-electron chi connectivity index (χ1n) is 8.29. The fourth-order valence-corrected chi connectivity index (χ4v) is 3.02. The van der Waals surface area contributed by atoms with E-state index in [-0.39, 0.29) is 5.41 Å². The van der Waals surface area contributed by atoms with E-state index in [4.69, 9.17) is 0 Å². The summed E-state index contributed by atoms with van der Waals surface area (Å²) >= 11 is 0. The van der Waals surface area contributed by atoms with Crippen LogP contribution in [0.5, 0.6) is 0 Å². The maximum absolute atomic E-state index is 4.47. The molecule has 2 heterocycles. The number of aryl methyl sites for hydroxylation is 1. The van der Waals surface area contributed by atoms with E-state index in [9.17, 15) is 0 Å². The molecule has 2 rings (SSSR count). The molecule has 0 amide bonds. The Morgan fingerprint density at radius 2 is 2.10 bits per heavy atom. The molecule has 120 valence electrons. The van der Waals surface area contributed by atoms with Crippen LogP contribution in [0.1, 0.15) is 53.3 Å². The van der Waals surface area contributed by atoms with Crippen LogP contribution in [0.3, 0.4) is 0 Å². The Hall–Kier alpha value is -0.940. The lowest BCUT2D eigenvalue weighted by Crippen LogP contribution is -2.59. The van der Waals surface area contributed by atoms with Crippen molar-refractivity contribution in [1.29, 1.82) is 0 Å². The molecule has 5 nitrogen and oxygen atoms in total. The maximum Gasteiger partial charge on any atom is 0.141 e. The second kappa shape index (κ2) is 6.88. The largest absolute Gasteiger partial charge is 0.311 e. The van der Waals surface area contributed by atoms with E-state index in [0.29, 0.717) is 12.1 Å². The highest BCUT2D eigenvalue weighted by atomic mass is 15.4. The highest BCUT2D eigenvalue weighted by molar-refractivity contribution is 4.94.